The minimum Gasteiger partial charge on any atom is -0.465 e. The molecule has 0 unspecified atom stereocenters. The van der Waals surface area contributed by atoms with Crippen LogP contribution in [0.4, 0.5) is 0 Å². The van der Waals surface area contributed by atoms with Crippen LogP contribution in [0.5, 0.6) is 0 Å². The minimum atomic E-state index is -0.455. The standard InChI is InChI=1S/C17H22N4O4/c1-5-11(4)19-8-12-15(17(19)24)20(9-14(22)25-6-2)13-7-10(3)18-21(13)16(12)23/h7,11H,5-6,8-9H2,1-4H3/t11-/m0/s1. The Hall–Kier alpha value is -2.64. The van der Waals surface area contributed by atoms with Gasteiger partial charge in [0, 0.05) is 12.1 Å². The number of fused-ring (bicyclic) bond motifs is 2. The molecular weight excluding hydrogens is 324 g/mol. The van der Waals surface area contributed by atoms with Crippen molar-refractivity contribution in [2.45, 2.75) is 53.2 Å². The van der Waals surface area contributed by atoms with Gasteiger partial charge >= 0.3 is 5.97 Å². The zero-order valence-electron chi connectivity index (χ0n) is 14.9. The van der Waals surface area contributed by atoms with Crippen LogP contribution in [0, 0.1) is 6.92 Å². The summed E-state index contributed by atoms with van der Waals surface area (Å²) in [5, 5.41) is 4.22. The summed E-state index contributed by atoms with van der Waals surface area (Å²) in [6.45, 7) is 7.77. The lowest BCUT2D eigenvalue weighted by atomic mass is 10.2. The average Bonchev–Trinajstić information content (AvgIpc) is 3.12. The van der Waals surface area contributed by atoms with Crippen LogP contribution < -0.4 is 5.56 Å². The summed E-state index contributed by atoms with van der Waals surface area (Å²) in [4.78, 5) is 39.5. The molecule has 2 aromatic heterocycles. The molecule has 8 heteroatoms. The number of hydrogen-bond acceptors (Lipinski definition) is 5. The number of esters is 1. The van der Waals surface area contributed by atoms with Gasteiger partial charge < -0.3 is 14.2 Å². The summed E-state index contributed by atoms with van der Waals surface area (Å²) >= 11 is 0. The second-order valence-corrected chi connectivity index (χ2v) is 6.27. The van der Waals surface area contributed by atoms with Crippen LogP contribution in [0.25, 0.3) is 5.65 Å². The highest BCUT2D eigenvalue weighted by atomic mass is 16.5. The van der Waals surface area contributed by atoms with Crippen molar-refractivity contribution in [3.05, 3.63) is 33.4 Å². The van der Waals surface area contributed by atoms with Gasteiger partial charge in [-0.2, -0.15) is 9.61 Å². The van der Waals surface area contributed by atoms with Crippen molar-refractivity contribution in [1.29, 1.82) is 0 Å². The Labute approximate surface area is 145 Å². The number of amides is 1. The Bertz CT molecular complexity index is 911. The quantitative estimate of drug-likeness (QED) is 0.758. The second-order valence-electron chi connectivity index (χ2n) is 6.27. The zero-order valence-corrected chi connectivity index (χ0v) is 14.9. The first-order chi connectivity index (χ1) is 11.9. The van der Waals surface area contributed by atoms with Gasteiger partial charge in [0.05, 0.1) is 24.4 Å². The number of carbonyl (C=O) groups is 2. The number of carbonyl (C=O) groups excluding carboxylic acids is 2. The van der Waals surface area contributed by atoms with Gasteiger partial charge in [0.2, 0.25) is 0 Å². The summed E-state index contributed by atoms with van der Waals surface area (Å²) in [5.41, 5.74) is 1.41. The fourth-order valence-electron chi connectivity index (χ4n) is 3.17. The molecule has 0 spiro atoms. The summed E-state index contributed by atoms with van der Waals surface area (Å²) in [6, 6.07) is 1.70. The van der Waals surface area contributed by atoms with Crippen molar-refractivity contribution in [2.75, 3.05) is 6.61 Å². The van der Waals surface area contributed by atoms with E-state index in [1.165, 1.54) is 4.52 Å². The molecule has 8 nitrogen and oxygen atoms in total. The Kier molecular flexibility index (Phi) is 4.36. The predicted molar refractivity (Wildman–Crippen MR) is 90.4 cm³/mol. The summed E-state index contributed by atoms with van der Waals surface area (Å²) in [7, 11) is 0. The van der Waals surface area contributed by atoms with Crippen molar-refractivity contribution in [3.8, 4) is 0 Å². The molecular formula is C17H22N4O4. The molecule has 0 bridgehead atoms. The maximum Gasteiger partial charge on any atom is 0.326 e. The van der Waals surface area contributed by atoms with Crippen LogP contribution in [0.2, 0.25) is 0 Å². The Morgan fingerprint density at radius 2 is 2.08 bits per heavy atom. The molecule has 1 aliphatic heterocycles. The third kappa shape index (κ3) is 2.71. The lowest BCUT2D eigenvalue weighted by Crippen LogP contribution is -2.33. The van der Waals surface area contributed by atoms with E-state index in [9.17, 15) is 14.4 Å². The van der Waals surface area contributed by atoms with Crippen LogP contribution in [0.15, 0.2) is 10.9 Å². The third-order valence-electron chi connectivity index (χ3n) is 4.60. The van der Waals surface area contributed by atoms with E-state index < -0.39 is 5.97 Å². The van der Waals surface area contributed by atoms with E-state index in [1.54, 1.807) is 29.4 Å². The van der Waals surface area contributed by atoms with Crippen molar-refractivity contribution in [1.82, 2.24) is 19.1 Å². The van der Waals surface area contributed by atoms with Gasteiger partial charge in [-0.15, -0.1) is 0 Å². The number of ether oxygens (including phenoxy) is 1. The number of rotatable bonds is 5. The smallest absolute Gasteiger partial charge is 0.326 e. The van der Waals surface area contributed by atoms with E-state index in [-0.39, 0.29) is 42.9 Å². The van der Waals surface area contributed by atoms with E-state index in [4.69, 9.17) is 4.74 Å². The fraction of sp³-hybridized carbons (Fsp3) is 0.529. The van der Waals surface area contributed by atoms with Crippen LogP contribution in [-0.4, -0.2) is 43.6 Å². The maximum absolute atomic E-state index is 12.9. The van der Waals surface area contributed by atoms with E-state index >= 15 is 0 Å². The van der Waals surface area contributed by atoms with Gasteiger partial charge in [-0.1, -0.05) is 6.92 Å². The molecule has 3 heterocycles. The van der Waals surface area contributed by atoms with Gasteiger partial charge in [0.25, 0.3) is 11.5 Å². The Balaban J connectivity index is 2.22. The largest absolute Gasteiger partial charge is 0.465 e. The zero-order chi connectivity index (χ0) is 18.3. The number of aryl methyl sites for hydroxylation is 1. The van der Waals surface area contributed by atoms with Crippen LogP contribution in [0.1, 0.15) is 48.9 Å². The second kappa shape index (κ2) is 6.34. The maximum atomic E-state index is 12.9. The van der Waals surface area contributed by atoms with Crippen LogP contribution in [-0.2, 0) is 22.6 Å². The fourth-order valence-corrected chi connectivity index (χ4v) is 3.17. The van der Waals surface area contributed by atoms with Crippen LogP contribution in [0.3, 0.4) is 0 Å². The monoisotopic (exact) mass is 346 g/mol. The van der Waals surface area contributed by atoms with Gasteiger partial charge in [-0.05, 0) is 27.2 Å². The molecule has 25 heavy (non-hydrogen) atoms. The lowest BCUT2D eigenvalue weighted by Gasteiger charge is -2.22. The van der Waals surface area contributed by atoms with E-state index in [1.807, 2.05) is 13.8 Å². The molecule has 1 amide bonds. The molecule has 1 atom stereocenters. The highest BCUT2D eigenvalue weighted by Crippen LogP contribution is 2.25. The first-order valence-corrected chi connectivity index (χ1v) is 8.47. The van der Waals surface area contributed by atoms with E-state index in [0.29, 0.717) is 16.9 Å². The lowest BCUT2D eigenvalue weighted by molar-refractivity contribution is -0.143. The molecule has 1 aliphatic rings. The SMILES string of the molecule is CCOC(=O)Cn1c2c(c(=O)n3nc(C)cc13)CN([C@@H](C)CC)C2=O. The molecule has 0 aromatic carbocycles. The Morgan fingerprint density at radius 1 is 1.36 bits per heavy atom. The van der Waals surface area contributed by atoms with Crippen molar-refractivity contribution >= 4 is 17.5 Å². The molecule has 134 valence electrons. The molecule has 0 saturated carbocycles. The molecule has 0 fully saturated rings. The highest BCUT2D eigenvalue weighted by Gasteiger charge is 2.36. The average molecular weight is 346 g/mol. The van der Waals surface area contributed by atoms with E-state index in [0.717, 1.165) is 6.42 Å². The number of hydrogen-bond donors (Lipinski definition) is 0. The Morgan fingerprint density at radius 3 is 2.72 bits per heavy atom. The first-order valence-electron chi connectivity index (χ1n) is 8.47. The van der Waals surface area contributed by atoms with Crippen molar-refractivity contribution in [3.63, 3.8) is 0 Å². The van der Waals surface area contributed by atoms with Crippen molar-refractivity contribution < 1.29 is 14.3 Å². The molecule has 0 radical (unpaired) electrons. The van der Waals surface area contributed by atoms with Gasteiger partial charge in [-0.3, -0.25) is 14.4 Å². The summed E-state index contributed by atoms with van der Waals surface area (Å²) in [5.74, 6) is -0.684. The first kappa shape index (κ1) is 17.2. The third-order valence-corrected chi connectivity index (χ3v) is 4.60. The van der Waals surface area contributed by atoms with Gasteiger partial charge in [0.1, 0.15) is 17.9 Å². The highest BCUT2D eigenvalue weighted by molar-refractivity contribution is 5.97. The molecule has 0 saturated heterocycles. The number of aromatic nitrogens is 3. The summed E-state index contributed by atoms with van der Waals surface area (Å²) in [6.07, 6.45) is 0.780. The minimum absolute atomic E-state index is 0.00407. The van der Waals surface area contributed by atoms with Gasteiger partial charge in [0.15, 0.2) is 0 Å². The van der Waals surface area contributed by atoms with E-state index in [2.05, 4.69) is 5.10 Å². The topological polar surface area (TPSA) is 85.9 Å². The van der Waals surface area contributed by atoms with Crippen LogP contribution >= 0.6 is 0 Å². The predicted octanol–water partition coefficient (Wildman–Crippen LogP) is 1.12. The van der Waals surface area contributed by atoms with Crippen molar-refractivity contribution in [2.24, 2.45) is 0 Å². The number of nitrogens with zero attached hydrogens (tertiary/aromatic N) is 4. The molecule has 2 aromatic rings. The summed E-state index contributed by atoms with van der Waals surface area (Å²) < 4.78 is 7.85. The molecule has 0 aliphatic carbocycles. The normalized spacial score (nSPS) is 14.9. The molecule has 3 rings (SSSR count). The van der Waals surface area contributed by atoms with Gasteiger partial charge in [-0.25, -0.2) is 0 Å². The molecule has 0 N–H and O–H groups in total.